The highest BCUT2D eigenvalue weighted by molar-refractivity contribution is 5.18. The molecule has 0 saturated heterocycles. The topological polar surface area (TPSA) is 12.0 Å². The first-order valence-corrected chi connectivity index (χ1v) is 5.55. The molecule has 0 bridgehead atoms. The number of hydrogen-bond acceptors (Lipinski definition) is 1. The van der Waals surface area contributed by atoms with Crippen molar-refractivity contribution in [2.75, 3.05) is 0 Å². The van der Waals surface area contributed by atoms with Crippen molar-refractivity contribution in [2.24, 2.45) is 0 Å². The van der Waals surface area contributed by atoms with Gasteiger partial charge in [-0.2, -0.15) is 0 Å². The molecule has 1 aromatic rings. The van der Waals surface area contributed by atoms with Crippen LogP contribution in [0.2, 0.25) is 0 Å². The lowest BCUT2D eigenvalue weighted by atomic mass is 10.1. The molecule has 1 aromatic carbocycles. The first-order valence-electron chi connectivity index (χ1n) is 5.55. The third-order valence-corrected chi connectivity index (χ3v) is 2.56. The summed E-state index contributed by atoms with van der Waals surface area (Å²) in [7, 11) is 0. The van der Waals surface area contributed by atoms with Crippen molar-refractivity contribution in [3.05, 3.63) is 35.9 Å². The van der Waals surface area contributed by atoms with Gasteiger partial charge in [-0.3, -0.25) is 0 Å². The molecule has 0 aliphatic rings. The maximum Gasteiger partial charge on any atom is 0.0294 e. The molecule has 2 atom stereocenters. The van der Waals surface area contributed by atoms with Crippen LogP contribution in [0.4, 0.5) is 0 Å². The average molecular weight is 191 g/mol. The molecular weight excluding hydrogens is 170 g/mol. The standard InChI is InChI=1S/C13H21N/c1-4-8-11(2)14-12(3)13-9-6-5-7-10-13/h5-7,9-12,14H,4,8H2,1-3H3/t11?,12-/m1/s1. The van der Waals surface area contributed by atoms with Crippen molar-refractivity contribution in [3.8, 4) is 0 Å². The smallest absolute Gasteiger partial charge is 0.0294 e. The van der Waals surface area contributed by atoms with Gasteiger partial charge in [0.05, 0.1) is 0 Å². The summed E-state index contributed by atoms with van der Waals surface area (Å²) in [5.74, 6) is 0. The van der Waals surface area contributed by atoms with Crippen LogP contribution in [0.3, 0.4) is 0 Å². The van der Waals surface area contributed by atoms with Gasteiger partial charge in [0, 0.05) is 12.1 Å². The molecule has 1 unspecified atom stereocenters. The second-order valence-electron chi connectivity index (χ2n) is 3.99. The number of nitrogens with one attached hydrogen (secondary N) is 1. The summed E-state index contributed by atoms with van der Waals surface area (Å²) in [5, 5.41) is 3.60. The molecule has 0 aromatic heterocycles. The Balaban J connectivity index is 2.46. The maximum atomic E-state index is 3.60. The molecule has 0 amide bonds. The van der Waals surface area contributed by atoms with Crippen molar-refractivity contribution in [1.29, 1.82) is 0 Å². The van der Waals surface area contributed by atoms with E-state index in [1.807, 2.05) is 0 Å². The molecule has 1 heteroatoms. The van der Waals surface area contributed by atoms with E-state index in [4.69, 9.17) is 0 Å². The van der Waals surface area contributed by atoms with Gasteiger partial charge in [0.1, 0.15) is 0 Å². The SMILES string of the molecule is CCCC(C)N[C@H](C)c1ccccc1. The lowest BCUT2D eigenvalue weighted by Gasteiger charge is -2.19. The Bertz CT molecular complexity index is 243. The lowest BCUT2D eigenvalue weighted by Crippen LogP contribution is -2.28. The molecule has 0 spiro atoms. The van der Waals surface area contributed by atoms with Crippen LogP contribution in [-0.2, 0) is 0 Å². The van der Waals surface area contributed by atoms with Gasteiger partial charge in [0.25, 0.3) is 0 Å². The number of rotatable bonds is 5. The molecule has 78 valence electrons. The zero-order valence-corrected chi connectivity index (χ0v) is 9.46. The van der Waals surface area contributed by atoms with Crippen LogP contribution < -0.4 is 5.32 Å². The van der Waals surface area contributed by atoms with Crippen LogP contribution in [0.1, 0.15) is 45.2 Å². The quantitative estimate of drug-likeness (QED) is 0.750. The van der Waals surface area contributed by atoms with E-state index in [-0.39, 0.29) is 0 Å². The summed E-state index contributed by atoms with van der Waals surface area (Å²) < 4.78 is 0. The minimum Gasteiger partial charge on any atom is -0.308 e. The Hall–Kier alpha value is -0.820. The fourth-order valence-electron chi connectivity index (χ4n) is 1.78. The highest BCUT2D eigenvalue weighted by Gasteiger charge is 2.07. The van der Waals surface area contributed by atoms with Crippen molar-refractivity contribution in [3.63, 3.8) is 0 Å². The molecule has 0 aliphatic carbocycles. The van der Waals surface area contributed by atoms with Gasteiger partial charge in [-0.15, -0.1) is 0 Å². The van der Waals surface area contributed by atoms with E-state index in [0.717, 1.165) is 0 Å². The van der Waals surface area contributed by atoms with Gasteiger partial charge < -0.3 is 5.32 Å². The molecule has 0 heterocycles. The van der Waals surface area contributed by atoms with Crippen LogP contribution in [0.25, 0.3) is 0 Å². The molecule has 1 N–H and O–H groups in total. The summed E-state index contributed by atoms with van der Waals surface area (Å²) in [6.45, 7) is 6.70. The van der Waals surface area contributed by atoms with E-state index in [0.29, 0.717) is 12.1 Å². The Kier molecular flexibility index (Phi) is 4.68. The fourth-order valence-corrected chi connectivity index (χ4v) is 1.78. The number of benzene rings is 1. The van der Waals surface area contributed by atoms with Crippen LogP contribution in [-0.4, -0.2) is 6.04 Å². The van der Waals surface area contributed by atoms with Gasteiger partial charge in [-0.05, 0) is 25.8 Å². The van der Waals surface area contributed by atoms with Crippen molar-refractivity contribution in [2.45, 2.75) is 45.7 Å². The molecule has 0 saturated carbocycles. The molecule has 0 fully saturated rings. The van der Waals surface area contributed by atoms with Crippen molar-refractivity contribution < 1.29 is 0 Å². The normalized spacial score (nSPS) is 15.1. The van der Waals surface area contributed by atoms with Crippen molar-refractivity contribution >= 4 is 0 Å². The molecule has 0 aliphatic heterocycles. The van der Waals surface area contributed by atoms with E-state index in [1.54, 1.807) is 0 Å². The monoisotopic (exact) mass is 191 g/mol. The maximum absolute atomic E-state index is 3.60. The Labute approximate surface area is 87.5 Å². The second-order valence-corrected chi connectivity index (χ2v) is 3.99. The third kappa shape index (κ3) is 3.51. The van der Waals surface area contributed by atoms with E-state index in [2.05, 4.69) is 56.4 Å². The first kappa shape index (κ1) is 11.3. The highest BCUT2D eigenvalue weighted by Crippen LogP contribution is 2.12. The van der Waals surface area contributed by atoms with Gasteiger partial charge >= 0.3 is 0 Å². The predicted octanol–water partition coefficient (Wildman–Crippen LogP) is 3.53. The summed E-state index contributed by atoms with van der Waals surface area (Å²) >= 11 is 0. The zero-order chi connectivity index (χ0) is 10.4. The van der Waals surface area contributed by atoms with Gasteiger partial charge in [0.2, 0.25) is 0 Å². The number of hydrogen-bond donors (Lipinski definition) is 1. The van der Waals surface area contributed by atoms with E-state index in [1.165, 1.54) is 18.4 Å². The van der Waals surface area contributed by atoms with Crippen molar-refractivity contribution in [1.82, 2.24) is 5.32 Å². The van der Waals surface area contributed by atoms with Gasteiger partial charge in [-0.1, -0.05) is 43.7 Å². The van der Waals surface area contributed by atoms with Crippen LogP contribution in [0.5, 0.6) is 0 Å². The zero-order valence-electron chi connectivity index (χ0n) is 9.46. The molecule has 14 heavy (non-hydrogen) atoms. The minimum atomic E-state index is 0.456. The van der Waals surface area contributed by atoms with Gasteiger partial charge in [0.15, 0.2) is 0 Å². The van der Waals surface area contributed by atoms with Crippen LogP contribution in [0, 0.1) is 0 Å². The Morgan fingerprint density at radius 1 is 1.14 bits per heavy atom. The van der Waals surface area contributed by atoms with E-state index in [9.17, 15) is 0 Å². The molecule has 0 radical (unpaired) electrons. The largest absolute Gasteiger partial charge is 0.308 e. The third-order valence-electron chi connectivity index (χ3n) is 2.56. The van der Waals surface area contributed by atoms with E-state index >= 15 is 0 Å². The summed E-state index contributed by atoms with van der Waals surface area (Å²) in [6, 6.07) is 11.7. The summed E-state index contributed by atoms with van der Waals surface area (Å²) in [5.41, 5.74) is 1.37. The van der Waals surface area contributed by atoms with Crippen LogP contribution in [0.15, 0.2) is 30.3 Å². The summed E-state index contributed by atoms with van der Waals surface area (Å²) in [6.07, 6.45) is 2.49. The lowest BCUT2D eigenvalue weighted by molar-refractivity contribution is 0.453. The van der Waals surface area contributed by atoms with Crippen LogP contribution >= 0.6 is 0 Å². The van der Waals surface area contributed by atoms with E-state index < -0.39 is 0 Å². The minimum absolute atomic E-state index is 0.456. The average Bonchev–Trinajstić information content (AvgIpc) is 2.19. The molecule has 1 nitrogen and oxygen atoms in total. The van der Waals surface area contributed by atoms with Gasteiger partial charge in [-0.25, -0.2) is 0 Å². The fraction of sp³-hybridized carbons (Fsp3) is 0.538. The molecule has 1 rings (SSSR count). The molecular formula is C13H21N. The predicted molar refractivity (Wildman–Crippen MR) is 62.4 cm³/mol. The first-order chi connectivity index (χ1) is 6.74. The second kappa shape index (κ2) is 5.82. The summed E-state index contributed by atoms with van der Waals surface area (Å²) in [4.78, 5) is 0. The highest BCUT2D eigenvalue weighted by atomic mass is 14.9. The Morgan fingerprint density at radius 3 is 2.36 bits per heavy atom. The Morgan fingerprint density at radius 2 is 1.79 bits per heavy atom.